The summed E-state index contributed by atoms with van der Waals surface area (Å²) in [5, 5.41) is 14.3. The van der Waals surface area contributed by atoms with Crippen LogP contribution in [0.25, 0.3) is 0 Å². The van der Waals surface area contributed by atoms with Gasteiger partial charge in [-0.05, 0) is 6.54 Å². The van der Waals surface area contributed by atoms with Gasteiger partial charge in [0, 0.05) is 19.6 Å². The number of nitrogens with one attached hydrogen (secondary N) is 2. The minimum Gasteiger partial charge on any atom is -0.479 e. The zero-order valence-corrected chi connectivity index (χ0v) is 9.95. The van der Waals surface area contributed by atoms with E-state index in [0.29, 0.717) is 6.54 Å². The molecule has 0 bridgehead atoms. The summed E-state index contributed by atoms with van der Waals surface area (Å²) in [6, 6.07) is 0. The predicted molar refractivity (Wildman–Crippen MR) is 59.2 cm³/mol. The second-order valence-corrected chi connectivity index (χ2v) is 3.52. The molecule has 0 saturated heterocycles. The number of amides is 1. The van der Waals surface area contributed by atoms with Crippen molar-refractivity contribution in [2.45, 2.75) is 20.0 Å². The van der Waals surface area contributed by atoms with Gasteiger partial charge < -0.3 is 20.5 Å². The molecule has 0 aromatic carbocycles. The van der Waals surface area contributed by atoms with Crippen molar-refractivity contribution >= 4 is 11.9 Å². The maximum atomic E-state index is 11.5. The van der Waals surface area contributed by atoms with E-state index < -0.39 is 12.1 Å². The second kappa shape index (κ2) is 8.06. The molecule has 94 valence electrons. The van der Waals surface area contributed by atoms with E-state index in [1.165, 1.54) is 7.11 Å². The minimum absolute atomic E-state index is 0.0128. The number of rotatable bonds is 8. The molecule has 0 aromatic rings. The third-order valence-electron chi connectivity index (χ3n) is 2.17. The Morgan fingerprint density at radius 3 is 2.44 bits per heavy atom. The van der Waals surface area contributed by atoms with Crippen LogP contribution in [0.2, 0.25) is 0 Å². The number of carboxylic acids is 1. The molecule has 0 aromatic heterocycles. The van der Waals surface area contributed by atoms with Crippen molar-refractivity contribution in [1.29, 1.82) is 0 Å². The number of carbonyl (C=O) groups excluding carboxylic acids is 1. The standard InChI is InChI=1S/C10H20N2O4/c1-4-11-5-7(2)9(13)12-6-8(16-3)10(14)15/h7-8,11H,4-6H2,1-3H3,(H,12,13)(H,14,15). The lowest BCUT2D eigenvalue weighted by molar-refractivity contribution is -0.148. The summed E-state index contributed by atoms with van der Waals surface area (Å²) in [6.45, 7) is 5.10. The lowest BCUT2D eigenvalue weighted by atomic mass is 10.1. The molecule has 0 aliphatic heterocycles. The maximum Gasteiger partial charge on any atom is 0.334 e. The lowest BCUT2D eigenvalue weighted by Crippen LogP contribution is -2.42. The van der Waals surface area contributed by atoms with Crippen LogP contribution in [-0.4, -0.2) is 49.8 Å². The third-order valence-corrected chi connectivity index (χ3v) is 2.17. The smallest absolute Gasteiger partial charge is 0.334 e. The van der Waals surface area contributed by atoms with E-state index in [4.69, 9.17) is 9.84 Å². The van der Waals surface area contributed by atoms with Crippen LogP contribution in [0.1, 0.15) is 13.8 Å². The van der Waals surface area contributed by atoms with Gasteiger partial charge >= 0.3 is 5.97 Å². The van der Waals surface area contributed by atoms with Crippen molar-refractivity contribution in [2.24, 2.45) is 5.92 Å². The van der Waals surface area contributed by atoms with Crippen LogP contribution in [0.5, 0.6) is 0 Å². The SMILES string of the molecule is CCNCC(C)C(=O)NCC(OC)C(=O)O. The minimum atomic E-state index is -1.08. The Kier molecular flexibility index (Phi) is 7.49. The zero-order valence-electron chi connectivity index (χ0n) is 9.95. The number of hydrogen-bond acceptors (Lipinski definition) is 4. The monoisotopic (exact) mass is 232 g/mol. The van der Waals surface area contributed by atoms with Crippen molar-refractivity contribution in [1.82, 2.24) is 10.6 Å². The van der Waals surface area contributed by atoms with Gasteiger partial charge in [0.2, 0.25) is 5.91 Å². The maximum absolute atomic E-state index is 11.5. The van der Waals surface area contributed by atoms with E-state index >= 15 is 0 Å². The molecule has 6 heteroatoms. The second-order valence-electron chi connectivity index (χ2n) is 3.52. The summed E-state index contributed by atoms with van der Waals surface area (Å²) in [5.41, 5.74) is 0. The summed E-state index contributed by atoms with van der Waals surface area (Å²) in [7, 11) is 1.30. The molecule has 0 radical (unpaired) electrons. The predicted octanol–water partition coefficient (Wildman–Crippen LogP) is -0.552. The molecular weight excluding hydrogens is 212 g/mol. The average molecular weight is 232 g/mol. The quantitative estimate of drug-likeness (QED) is 0.522. The molecular formula is C10H20N2O4. The average Bonchev–Trinajstić information content (AvgIpc) is 2.25. The Morgan fingerprint density at radius 1 is 1.38 bits per heavy atom. The molecule has 2 atom stereocenters. The van der Waals surface area contributed by atoms with Crippen LogP contribution in [0, 0.1) is 5.92 Å². The van der Waals surface area contributed by atoms with E-state index in [9.17, 15) is 9.59 Å². The highest BCUT2D eigenvalue weighted by Crippen LogP contribution is 1.94. The van der Waals surface area contributed by atoms with Gasteiger partial charge in [0.1, 0.15) is 0 Å². The molecule has 0 aliphatic rings. The highest BCUT2D eigenvalue weighted by Gasteiger charge is 2.19. The Labute approximate surface area is 95.4 Å². The molecule has 6 nitrogen and oxygen atoms in total. The highest BCUT2D eigenvalue weighted by atomic mass is 16.5. The van der Waals surface area contributed by atoms with Gasteiger partial charge in [0.25, 0.3) is 0 Å². The third kappa shape index (κ3) is 5.67. The topological polar surface area (TPSA) is 87.7 Å². The fourth-order valence-corrected chi connectivity index (χ4v) is 1.09. The normalized spacial score (nSPS) is 14.2. The van der Waals surface area contributed by atoms with Crippen molar-refractivity contribution in [3.05, 3.63) is 0 Å². The molecule has 16 heavy (non-hydrogen) atoms. The van der Waals surface area contributed by atoms with Crippen molar-refractivity contribution < 1.29 is 19.4 Å². The zero-order chi connectivity index (χ0) is 12.6. The molecule has 0 saturated carbocycles. The Bertz CT molecular complexity index is 233. The summed E-state index contributed by atoms with van der Waals surface area (Å²) in [6.07, 6.45) is -0.990. The van der Waals surface area contributed by atoms with Gasteiger partial charge in [-0.3, -0.25) is 4.79 Å². The van der Waals surface area contributed by atoms with Gasteiger partial charge in [-0.25, -0.2) is 4.79 Å². The number of methoxy groups -OCH3 is 1. The molecule has 0 rings (SSSR count). The molecule has 2 unspecified atom stereocenters. The lowest BCUT2D eigenvalue weighted by Gasteiger charge is -2.15. The number of hydrogen-bond donors (Lipinski definition) is 3. The van der Waals surface area contributed by atoms with Crippen molar-refractivity contribution in [3.63, 3.8) is 0 Å². The van der Waals surface area contributed by atoms with E-state index in [-0.39, 0.29) is 18.4 Å². The molecule has 1 amide bonds. The summed E-state index contributed by atoms with van der Waals surface area (Å²) >= 11 is 0. The summed E-state index contributed by atoms with van der Waals surface area (Å²) in [4.78, 5) is 22.1. The first-order valence-corrected chi connectivity index (χ1v) is 5.26. The number of carboxylic acid groups (broad SMARTS) is 1. The number of carbonyl (C=O) groups is 2. The van der Waals surface area contributed by atoms with Crippen LogP contribution in [-0.2, 0) is 14.3 Å². The van der Waals surface area contributed by atoms with Gasteiger partial charge in [0.05, 0.1) is 6.54 Å². The fourth-order valence-electron chi connectivity index (χ4n) is 1.09. The first-order valence-electron chi connectivity index (χ1n) is 5.26. The van der Waals surface area contributed by atoms with Crippen LogP contribution in [0.15, 0.2) is 0 Å². The van der Waals surface area contributed by atoms with E-state index in [1.807, 2.05) is 6.92 Å². The van der Waals surface area contributed by atoms with Gasteiger partial charge in [0.15, 0.2) is 6.10 Å². The van der Waals surface area contributed by atoms with Crippen LogP contribution < -0.4 is 10.6 Å². The van der Waals surface area contributed by atoms with Gasteiger partial charge in [-0.15, -0.1) is 0 Å². The molecule has 0 spiro atoms. The van der Waals surface area contributed by atoms with Crippen LogP contribution >= 0.6 is 0 Å². The Morgan fingerprint density at radius 2 is 2.00 bits per heavy atom. The van der Waals surface area contributed by atoms with Crippen LogP contribution in [0.3, 0.4) is 0 Å². The molecule has 0 fully saturated rings. The Hall–Kier alpha value is -1.14. The van der Waals surface area contributed by atoms with Crippen molar-refractivity contribution in [2.75, 3.05) is 26.7 Å². The summed E-state index contributed by atoms with van der Waals surface area (Å²) < 4.78 is 4.69. The first-order chi connectivity index (χ1) is 7.52. The number of ether oxygens (including phenoxy) is 1. The van der Waals surface area contributed by atoms with E-state index in [2.05, 4.69) is 10.6 Å². The van der Waals surface area contributed by atoms with Gasteiger partial charge in [-0.2, -0.15) is 0 Å². The molecule has 3 N–H and O–H groups in total. The molecule has 0 heterocycles. The fraction of sp³-hybridized carbons (Fsp3) is 0.800. The summed E-state index contributed by atoms with van der Waals surface area (Å²) in [5.74, 6) is -1.45. The highest BCUT2D eigenvalue weighted by molar-refractivity contribution is 5.80. The van der Waals surface area contributed by atoms with Crippen molar-refractivity contribution in [3.8, 4) is 0 Å². The van der Waals surface area contributed by atoms with Crippen LogP contribution in [0.4, 0.5) is 0 Å². The number of aliphatic carboxylic acids is 1. The van der Waals surface area contributed by atoms with Gasteiger partial charge in [-0.1, -0.05) is 13.8 Å². The first kappa shape index (κ1) is 14.9. The molecule has 0 aliphatic carbocycles. The largest absolute Gasteiger partial charge is 0.479 e. The Balaban J connectivity index is 3.91. The van der Waals surface area contributed by atoms with E-state index in [0.717, 1.165) is 6.54 Å². The van der Waals surface area contributed by atoms with E-state index in [1.54, 1.807) is 6.92 Å².